The molecule has 1 aliphatic carbocycles. The van der Waals surface area contributed by atoms with Crippen LogP contribution in [0.25, 0.3) is 0 Å². The number of rotatable bonds is 3. The number of likely N-dealkylation sites (tertiary alicyclic amines) is 1. The third-order valence-electron chi connectivity index (χ3n) is 4.90. The van der Waals surface area contributed by atoms with E-state index in [1.807, 2.05) is 35.2 Å². The highest BCUT2D eigenvalue weighted by Crippen LogP contribution is 2.48. The van der Waals surface area contributed by atoms with Gasteiger partial charge in [-0.25, -0.2) is 0 Å². The van der Waals surface area contributed by atoms with Crippen molar-refractivity contribution in [1.82, 2.24) is 4.90 Å². The average Bonchev–Trinajstić information content (AvgIpc) is 2.86. The van der Waals surface area contributed by atoms with Crippen molar-refractivity contribution in [1.29, 1.82) is 0 Å². The predicted octanol–water partition coefficient (Wildman–Crippen LogP) is 2.13. The molecule has 3 nitrogen and oxygen atoms in total. The van der Waals surface area contributed by atoms with Gasteiger partial charge in [0.05, 0.1) is 5.92 Å². The van der Waals surface area contributed by atoms with Gasteiger partial charge in [-0.3, -0.25) is 4.79 Å². The van der Waals surface area contributed by atoms with E-state index in [2.05, 4.69) is 0 Å². The second-order valence-electron chi connectivity index (χ2n) is 6.06. The second-order valence-corrected chi connectivity index (χ2v) is 6.06. The molecule has 0 aromatic heterocycles. The standard InChI is InChI=1S/C16H22N2O/c17-11-14(13-5-2-1-3-6-13)15(19)18-10-9-16(12-18)7-4-8-16/h1-3,5-6,14H,4,7-12,17H2/t14-/m1/s1. The van der Waals surface area contributed by atoms with Crippen LogP contribution in [0.5, 0.6) is 0 Å². The summed E-state index contributed by atoms with van der Waals surface area (Å²) in [6.45, 7) is 2.27. The minimum absolute atomic E-state index is 0.170. The number of benzene rings is 1. The van der Waals surface area contributed by atoms with Crippen molar-refractivity contribution in [2.75, 3.05) is 19.6 Å². The molecule has 0 radical (unpaired) electrons. The monoisotopic (exact) mass is 258 g/mol. The first kappa shape index (κ1) is 12.7. The third-order valence-corrected chi connectivity index (χ3v) is 4.90. The van der Waals surface area contributed by atoms with E-state index in [4.69, 9.17) is 5.73 Å². The lowest BCUT2D eigenvalue weighted by atomic mass is 9.68. The number of amides is 1. The maximum atomic E-state index is 12.7. The first-order valence-corrected chi connectivity index (χ1v) is 7.28. The molecule has 1 amide bonds. The van der Waals surface area contributed by atoms with E-state index in [0.717, 1.165) is 18.7 Å². The van der Waals surface area contributed by atoms with Crippen molar-refractivity contribution in [2.24, 2.45) is 11.1 Å². The van der Waals surface area contributed by atoms with Gasteiger partial charge in [0, 0.05) is 19.6 Å². The predicted molar refractivity (Wildman–Crippen MR) is 75.7 cm³/mol. The van der Waals surface area contributed by atoms with Crippen LogP contribution in [-0.4, -0.2) is 30.4 Å². The van der Waals surface area contributed by atoms with Crippen molar-refractivity contribution in [3.63, 3.8) is 0 Å². The molecule has 3 rings (SSSR count). The summed E-state index contributed by atoms with van der Waals surface area (Å²) in [7, 11) is 0. The Morgan fingerprint density at radius 1 is 1.26 bits per heavy atom. The Hall–Kier alpha value is -1.35. The van der Waals surface area contributed by atoms with Gasteiger partial charge in [-0.05, 0) is 30.2 Å². The molecule has 2 fully saturated rings. The molecule has 1 saturated carbocycles. The van der Waals surface area contributed by atoms with Gasteiger partial charge in [0.1, 0.15) is 0 Å². The van der Waals surface area contributed by atoms with E-state index >= 15 is 0 Å². The van der Waals surface area contributed by atoms with Crippen LogP contribution < -0.4 is 5.73 Å². The van der Waals surface area contributed by atoms with Crippen LogP contribution in [0.4, 0.5) is 0 Å². The highest BCUT2D eigenvalue weighted by molar-refractivity contribution is 5.84. The van der Waals surface area contributed by atoms with Gasteiger partial charge in [0.25, 0.3) is 0 Å². The first-order chi connectivity index (χ1) is 9.24. The van der Waals surface area contributed by atoms with E-state index in [-0.39, 0.29) is 11.8 Å². The Kier molecular flexibility index (Phi) is 3.31. The van der Waals surface area contributed by atoms with Crippen molar-refractivity contribution in [3.05, 3.63) is 35.9 Å². The molecule has 1 aromatic rings. The van der Waals surface area contributed by atoms with E-state index in [0.29, 0.717) is 12.0 Å². The zero-order valence-corrected chi connectivity index (χ0v) is 11.3. The molecule has 19 heavy (non-hydrogen) atoms. The molecule has 0 bridgehead atoms. The number of carbonyl (C=O) groups is 1. The van der Waals surface area contributed by atoms with E-state index in [1.54, 1.807) is 0 Å². The van der Waals surface area contributed by atoms with Gasteiger partial charge in [0.2, 0.25) is 5.91 Å². The van der Waals surface area contributed by atoms with E-state index < -0.39 is 0 Å². The van der Waals surface area contributed by atoms with Gasteiger partial charge in [-0.15, -0.1) is 0 Å². The van der Waals surface area contributed by atoms with Crippen LogP contribution in [-0.2, 0) is 4.79 Å². The topological polar surface area (TPSA) is 46.3 Å². The summed E-state index contributed by atoms with van der Waals surface area (Å²) in [5.74, 6) is 0.0499. The fourth-order valence-corrected chi connectivity index (χ4v) is 3.49. The lowest BCUT2D eigenvalue weighted by Gasteiger charge is -2.38. The Balaban J connectivity index is 1.72. The van der Waals surface area contributed by atoms with Crippen LogP contribution in [0.3, 0.4) is 0 Å². The molecular weight excluding hydrogens is 236 g/mol. The van der Waals surface area contributed by atoms with Crippen LogP contribution >= 0.6 is 0 Å². The molecule has 0 unspecified atom stereocenters. The summed E-state index contributed by atoms with van der Waals surface area (Å²) in [5, 5.41) is 0. The molecule has 1 spiro atoms. The molecular formula is C16H22N2O. The lowest BCUT2D eigenvalue weighted by Crippen LogP contribution is -2.39. The lowest BCUT2D eigenvalue weighted by molar-refractivity contribution is -0.132. The van der Waals surface area contributed by atoms with Crippen molar-refractivity contribution in [3.8, 4) is 0 Å². The fourth-order valence-electron chi connectivity index (χ4n) is 3.49. The maximum Gasteiger partial charge on any atom is 0.231 e. The molecule has 1 atom stereocenters. The number of nitrogens with zero attached hydrogens (tertiary/aromatic N) is 1. The van der Waals surface area contributed by atoms with Gasteiger partial charge < -0.3 is 10.6 Å². The quantitative estimate of drug-likeness (QED) is 0.902. The zero-order chi connectivity index (χ0) is 13.3. The Morgan fingerprint density at radius 2 is 2.00 bits per heavy atom. The molecule has 1 aromatic carbocycles. The largest absolute Gasteiger partial charge is 0.342 e. The fraction of sp³-hybridized carbons (Fsp3) is 0.562. The molecule has 2 N–H and O–H groups in total. The summed E-state index contributed by atoms with van der Waals surface area (Å²) in [5.41, 5.74) is 7.35. The Bertz CT molecular complexity index is 453. The molecule has 2 aliphatic rings. The summed E-state index contributed by atoms with van der Waals surface area (Å²) < 4.78 is 0. The summed E-state index contributed by atoms with van der Waals surface area (Å²) >= 11 is 0. The number of hydrogen-bond donors (Lipinski definition) is 1. The molecule has 3 heteroatoms. The van der Waals surface area contributed by atoms with Gasteiger partial charge in [-0.1, -0.05) is 36.8 Å². The normalized spacial score (nSPS) is 22.3. The van der Waals surface area contributed by atoms with Gasteiger partial charge >= 0.3 is 0 Å². The number of nitrogens with two attached hydrogens (primary N) is 1. The van der Waals surface area contributed by atoms with E-state index in [9.17, 15) is 4.79 Å². The molecule has 102 valence electrons. The molecule has 1 saturated heterocycles. The third kappa shape index (κ3) is 2.27. The zero-order valence-electron chi connectivity index (χ0n) is 11.3. The van der Waals surface area contributed by atoms with E-state index in [1.165, 1.54) is 25.7 Å². The molecule has 1 aliphatic heterocycles. The first-order valence-electron chi connectivity index (χ1n) is 7.28. The van der Waals surface area contributed by atoms with Crippen molar-refractivity contribution in [2.45, 2.75) is 31.6 Å². The molecule has 1 heterocycles. The van der Waals surface area contributed by atoms with Gasteiger partial charge in [-0.2, -0.15) is 0 Å². The average molecular weight is 258 g/mol. The highest BCUT2D eigenvalue weighted by atomic mass is 16.2. The Labute approximate surface area is 114 Å². The van der Waals surface area contributed by atoms with Crippen LogP contribution in [0.1, 0.15) is 37.2 Å². The number of carbonyl (C=O) groups excluding carboxylic acids is 1. The Morgan fingerprint density at radius 3 is 2.53 bits per heavy atom. The minimum atomic E-state index is -0.170. The van der Waals surface area contributed by atoms with Crippen molar-refractivity contribution >= 4 is 5.91 Å². The van der Waals surface area contributed by atoms with Gasteiger partial charge in [0.15, 0.2) is 0 Å². The van der Waals surface area contributed by atoms with Crippen LogP contribution in [0, 0.1) is 5.41 Å². The van der Waals surface area contributed by atoms with Crippen LogP contribution in [0.2, 0.25) is 0 Å². The summed E-state index contributed by atoms with van der Waals surface area (Å²) in [6, 6.07) is 9.93. The van der Waals surface area contributed by atoms with Crippen LogP contribution in [0.15, 0.2) is 30.3 Å². The smallest absolute Gasteiger partial charge is 0.231 e. The minimum Gasteiger partial charge on any atom is -0.342 e. The number of hydrogen-bond acceptors (Lipinski definition) is 2. The van der Waals surface area contributed by atoms with Crippen molar-refractivity contribution < 1.29 is 4.79 Å². The SMILES string of the molecule is NC[C@@H](C(=O)N1CCC2(CCC2)C1)c1ccccc1. The summed E-state index contributed by atoms with van der Waals surface area (Å²) in [6.07, 6.45) is 5.12. The highest BCUT2D eigenvalue weighted by Gasteiger charge is 2.44. The summed E-state index contributed by atoms with van der Waals surface area (Å²) in [4.78, 5) is 14.7. The maximum absolute atomic E-state index is 12.7. The second kappa shape index (κ2) is 4.97.